The van der Waals surface area contributed by atoms with Crippen molar-refractivity contribution in [2.24, 2.45) is 5.92 Å². The lowest BCUT2D eigenvalue weighted by molar-refractivity contribution is 0.119. The minimum absolute atomic E-state index is 0.855. The highest BCUT2D eigenvalue weighted by Gasteiger charge is 2.04. The van der Waals surface area contributed by atoms with Crippen LogP contribution in [0.4, 0.5) is 0 Å². The lowest BCUT2D eigenvalue weighted by Gasteiger charge is -2.14. The lowest BCUT2D eigenvalue weighted by Crippen LogP contribution is -2.07. The van der Waals surface area contributed by atoms with E-state index in [1.165, 1.54) is 32.1 Å². The Hall–Kier alpha value is -0.300. The molecule has 1 heteroatoms. The molecule has 1 aliphatic heterocycles. The maximum absolute atomic E-state index is 5.30. The van der Waals surface area contributed by atoms with Crippen molar-refractivity contribution >= 4 is 0 Å². The Morgan fingerprint density at radius 3 is 2.62 bits per heavy atom. The maximum Gasteiger partial charge on any atom is 0.0503 e. The predicted molar refractivity (Wildman–Crippen MR) is 56.8 cm³/mol. The van der Waals surface area contributed by atoms with Crippen molar-refractivity contribution in [1.82, 2.24) is 0 Å². The van der Waals surface area contributed by atoms with Gasteiger partial charge in [0.2, 0.25) is 0 Å². The summed E-state index contributed by atoms with van der Waals surface area (Å²) in [6.45, 7) is 6.47. The first-order chi connectivity index (χ1) is 6.29. The largest absolute Gasteiger partial charge is 0.381 e. The smallest absolute Gasteiger partial charge is 0.0503 e. The fourth-order valence-electron chi connectivity index (χ4n) is 1.67. The summed E-state index contributed by atoms with van der Waals surface area (Å²) in [5.41, 5.74) is 1.62. The molecule has 0 atom stereocenters. The fourth-order valence-corrected chi connectivity index (χ4v) is 1.67. The summed E-state index contributed by atoms with van der Waals surface area (Å²) in [6, 6.07) is 0. The van der Waals surface area contributed by atoms with Gasteiger partial charge in [0, 0.05) is 0 Å². The molecule has 0 aromatic rings. The van der Waals surface area contributed by atoms with Crippen LogP contribution in [0.3, 0.4) is 0 Å². The average Bonchev–Trinajstić information content (AvgIpc) is 2.14. The second kappa shape index (κ2) is 6.20. The molecule has 0 amide bonds. The van der Waals surface area contributed by atoms with Gasteiger partial charge in [0.05, 0.1) is 13.2 Å². The van der Waals surface area contributed by atoms with E-state index in [9.17, 15) is 0 Å². The molecule has 0 N–H and O–H groups in total. The maximum atomic E-state index is 5.30. The van der Waals surface area contributed by atoms with Crippen molar-refractivity contribution in [2.45, 2.75) is 46.0 Å². The van der Waals surface area contributed by atoms with E-state index in [1.54, 1.807) is 5.57 Å². The first-order valence-electron chi connectivity index (χ1n) is 5.54. The molecule has 1 saturated heterocycles. The number of hydrogen-bond acceptors (Lipinski definition) is 1. The Labute approximate surface area is 82.2 Å². The van der Waals surface area contributed by atoms with Crippen molar-refractivity contribution in [3.63, 3.8) is 0 Å². The fraction of sp³-hybridized carbons (Fsp3) is 0.833. The summed E-state index contributed by atoms with van der Waals surface area (Å²) in [5.74, 6) is 0.855. The Morgan fingerprint density at radius 1 is 1.31 bits per heavy atom. The van der Waals surface area contributed by atoms with Gasteiger partial charge in [-0.05, 0) is 31.6 Å². The van der Waals surface area contributed by atoms with Crippen LogP contribution in [0.15, 0.2) is 11.6 Å². The van der Waals surface area contributed by atoms with Gasteiger partial charge >= 0.3 is 0 Å². The summed E-state index contributed by atoms with van der Waals surface area (Å²) in [4.78, 5) is 0. The molecule has 1 rings (SSSR count). The van der Waals surface area contributed by atoms with Gasteiger partial charge in [-0.3, -0.25) is 0 Å². The van der Waals surface area contributed by atoms with E-state index < -0.39 is 0 Å². The number of rotatable bonds is 4. The van der Waals surface area contributed by atoms with Gasteiger partial charge in [0.15, 0.2) is 0 Å². The molecule has 1 fully saturated rings. The molecule has 1 aliphatic rings. The molecule has 0 aromatic heterocycles. The van der Waals surface area contributed by atoms with Crippen LogP contribution in [0, 0.1) is 5.92 Å². The van der Waals surface area contributed by atoms with Crippen LogP contribution in [0.25, 0.3) is 0 Å². The van der Waals surface area contributed by atoms with E-state index in [2.05, 4.69) is 19.9 Å². The number of unbranched alkanes of at least 4 members (excludes halogenated alkanes) is 1. The van der Waals surface area contributed by atoms with Gasteiger partial charge in [0.25, 0.3) is 0 Å². The Kier molecular flexibility index (Phi) is 5.14. The first-order valence-corrected chi connectivity index (χ1v) is 5.54. The standard InChI is InChI=1S/C12H22O/c1-11(2)5-3-4-6-12-7-9-13-10-8-12/h6,11H,3-5,7-10H2,1-2H3. The van der Waals surface area contributed by atoms with Crippen molar-refractivity contribution in [3.8, 4) is 0 Å². The molecular formula is C12H22O. The Bertz CT molecular complexity index is 151. The Morgan fingerprint density at radius 2 is 2.00 bits per heavy atom. The molecule has 1 heterocycles. The quantitative estimate of drug-likeness (QED) is 0.477. The molecule has 0 spiro atoms. The molecule has 0 bridgehead atoms. The van der Waals surface area contributed by atoms with Crippen molar-refractivity contribution in [1.29, 1.82) is 0 Å². The molecule has 13 heavy (non-hydrogen) atoms. The molecular weight excluding hydrogens is 160 g/mol. The zero-order chi connectivity index (χ0) is 9.52. The Balaban J connectivity index is 2.08. The van der Waals surface area contributed by atoms with Crippen LogP contribution >= 0.6 is 0 Å². The van der Waals surface area contributed by atoms with Crippen molar-refractivity contribution in [2.75, 3.05) is 13.2 Å². The van der Waals surface area contributed by atoms with Gasteiger partial charge in [0.1, 0.15) is 0 Å². The molecule has 76 valence electrons. The minimum Gasteiger partial charge on any atom is -0.381 e. The van der Waals surface area contributed by atoms with E-state index in [0.29, 0.717) is 0 Å². The zero-order valence-electron chi connectivity index (χ0n) is 9.01. The van der Waals surface area contributed by atoms with E-state index in [-0.39, 0.29) is 0 Å². The normalized spacial score (nSPS) is 17.9. The van der Waals surface area contributed by atoms with Gasteiger partial charge in [-0.15, -0.1) is 0 Å². The first kappa shape index (κ1) is 10.8. The summed E-state index contributed by atoms with van der Waals surface area (Å²) in [5, 5.41) is 0. The summed E-state index contributed by atoms with van der Waals surface area (Å²) >= 11 is 0. The number of ether oxygens (including phenoxy) is 1. The third-order valence-electron chi connectivity index (χ3n) is 2.55. The molecule has 0 unspecified atom stereocenters. The highest BCUT2D eigenvalue weighted by atomic mass is 16.5. The third-order valence-corrected chi connectivity index (χ3v) is 2.55. The van der Waals surface area contributed by atoms with E-state index in [4.69, 9.17) is 4.74 Å². The highest BCUT2D eigenvalue weighted by Crippen LogP contribution is 2.15. The van der Waals surface area contributed by atoms with Gasteiger partial charge in [-0.2, -0.15) is 0 Å². The van der Waals surface area contributed by atoms with Crippen molar-refractivity contribution < 1.29 is 4.74 Å². The van der Waals surface area contributed by atoms with Gasteiger partial charge in [-0.25, -0.2) is 0 Å². The van der Waals surface area contributed by atoms with Crippen LogP contribution < -0.4 is 0 Å². The number of hydrogen-bond donors (Lipinski definition) is 0. The van der Waals surface area contributed by atoms with Gasteiger partial charge < -0.3 is 4.74 Å². The summed E-state index contributed by atoms with van der Waals surface area (Å²) < 4.78 is 5.30. The van der Waals surface area contributed by atoms with Gasteiger partial charge in [-0.1, -0.05) is 31.9 Å². The second-order valence-corrected chi connectivity index (χ2v) is 4.30. The van der Waals surface area contributed by atoms with E-state index >= 15 is 0 Å². The molecule has 0 saturated carbocycles. The highest BCUT2D eigenvalue weighted by molar-refractivity contribution is 5.03. The molecule has 0 aromatic carbocycles. The van der Waals surface area contributed by atoms with E-state index in [1.807, 2.05) is 0 Å². The monoisotopic (exact) mass is 182 g/mol. The SMILES string of the molecule is CC(C)CCCC=C1CCOCC1. The van der Waals surface area contributed by atoms with Crippen LogP contribution in [0.1, 0.15) is 46.0 Å². The van der Waals surface area contributed by atoms with E-state index in [0.717, 1.165) is 19.1 Å². The van der Waals surface area contributed by atoms with Crippen molar-refractivity contribution in [3.05, 3.63) is 11.6 Å². The minimum atomic E-state index is 0.855. The zero-order valence-corrected chi connectivity index (χ0v) is 9.01. The van der Waals surface area contributed by atoms with Crippen LogP contribution in [0.5, 0.6) is 0 Å². The average molecular weight is 182 g/mol. The lowest BCUT2D eigenvalue weighted by atomic mass is 10.0. The molecule has 1 nitrogen and oxygen atoms in total. The van der Waals surface area contributed by atoms with Crippen LogP contribution in [0.2, 0.25) is 0 Å². The predicted octanol–water partition coefficient (Wildman–Crippen LogP) is 3.55. The van der Waals surface area contributed by atoms with Crippen LogP contribution in [-0.2, 0) is 4.74 Å². The molecule has 0 aliphatic carbocycles. The second-order valence-electron chi connectivity index (χ2n) is 4.30. The number of allylic oxidation sites excluding steroid dienone is 1. The molecule has 0 radical (unpaired) electrons. The third kappa shape index (κ3) is 5.09. The van der Waals surface area contributed by atoms with Crippen LogP contribution in [-0.4, -0.2) is 13.2 Å². The summed E-state index contributed by atoms with van der Waals surface area (Å²) in [6.07, 6.45) is 8.75. The summed E-state index contributed by atoms with van der Waals surface area (Å²) in [7, 11) is 0. The topological polar surface area (TPSA) is 9.23 Å².